The van der Waals surface area contributed by atoms with E-state index in [0.29, 0.717) is 6.10 Å². The van der Waals surface area contributed by atoms with E-state index in [1.807, 2.05) is 11.3 Å². The van der Waals surface area contributed by atoms with E-state index in [9.17, 15) is 0 Å². The molecule has 0 bridgehead atoms. The molecule has 1 atom stereocenters. The van der Waals surface area contributed by atoms with Crippen molar-refractivity contribution in [2.24, 2.45) is 0 Å². The number of hydrogen-bond acceptors (Lipinski definition) is 4. The molecular weight excluding hydrogens is 300 g/mol. The van der Waals surface area contributed by atoms with E-state index >= 15 is 0 Å². The summed E-state index contributed by atoms with van der Waals surface area (Å²) in [4.78, 5) is 3.79. The van der Waals surface area contributed by atoms with Crippen LogP contribution in [0.3, 0.4) is 0 Å². The molecule has 1 aliphatic heterocycles. The van der Waals surface area contributed by atoms with Crippen LogP contribution in [0.2, 0.25) is 0 Å². The first-order valence-electron chi connectivity index (χ1n) is 5.99. The summed E-state index contributed by atoms with van der Waals surface area (Å²) in [5.41, 5.74) is 0. The first-order valence-corrected chi connectivity index (χ1v) is 7.60. The highest BCUT2D eigenvalue weighted by Crippen LogP contribution is 2.22. The molecule has 96 valence electrons. The molecule has 2 rings (SSSR count). The third-order valence-electron chi connectivity index (χ3n) is 2.89. The molecule has 0 aromatic carbocycles. The monoisotopic (exact) mass is 318 g/mol. The van der Waals surface area contributed by atoms with E-state index in [1.54, 1.807) is 0 Å². The minimum atomic E-state index is 0.351. The zero-order valence-electron chi connectivity index (χ0n) is 10.1. The summed E-state index contributed by atoms with van der Waals surface area (Å²) in [7, 11) is 2.17. The van der Waals surface area contributed by atoms with Gasteiger partial charge in [-0.1, -0.05) is 0 Å². The summed E-state index contributed by atoms with van der Waals surface area (Å²) in [6, 6.07) is 4.31. The fourth-order valence-corrected chi connectivity index (χ4v) is 3.43. The molecule has 0 spiro atoms. The zero-order valence-corrected chi connectivity index (χ0v) is 12.5. The molecule has 0 radical (unpaired) electrons. The molecule has 1 saturated heterocycles. The number of nitrogens with zero attached hydrogens (tertiary/aromatic N) is 1. The Balaban J connectivity index is 1.68. The maximum Gasteiger partial charge on any atom is 0.0826 e. The van der Waals surface area contributed by atoms with Crippen molar-refractivity contribution in [1.29, 1.82) is 0 Å². The largest absolute Gasteiger partial charge is 0.374 e. The van der Waals surface area contributed by atoms with Gasteiger partial charge in [-0.25, -0.2) is 0 Å². The van der Waals surface area contributed by atoms with Crippen molar-refractivity contribution in [1.82, 2.24) is 10.2 Å². The first-order chi connectivity index (χ1) is 8.24. The molecule has 0 aliphatic carbocycles. The van der Waals surface area contributed by atoms with Gasteiger partial charge in [0.15, 0.2) is 0 Å². The zero-order chi connectivity index (χ0) is 12.1. The Morgan fingerprint density at radius 3 is 3.12 bits per heavy atom. The lowest BCUT2D eigenvalue weighted by Gasteiger charge is -2.27. The lowest BCUT2D eigenvalue weighted by atomic mass is 10.2. The maximum absolute atomic E-state index is 5.70. The molecule has 1 aromatic rings. The highest BCUT2D eigenvalue weighted by Gasteiger charge is 2.15. The van der Waals surface area contributed by atoms with E-state index < -0.39 is 0 Å². The lowest BCUT2D eigenvalue weighted by Crippen LogP contribution is -2.44. The van der Waals surface area contributed by atoms with Crippen LogP contribution in [0.1, 0.15) is 4.88 Å². The lowest BCUT2D eigenvalue weighted by molar-refractivity contribution is 0.0103. The minimum Gasteiger partial charge on any atom is -0.374 e. The minimum absolute atomic E-state index is 0.351. The molecule has 17 heavy (non-hydrogen) atoms. The SMILES string of the molecule is CN(CCc1ccc(Br)s1)CC1CNCCO1. The fourth-order valence-electron chi connectivity index (χ4n) is 1.96. The van der Waals surface area contributed by atoms with Crippen molar-refractivity contribution in [2.75, 3.05) is 39.8 Å². The summed E-state index contributed by atoms with van der Waals surface area (Å²) in [5, 5.41) is 3.36. The van der Waals surface area contributed by atoms with Crippen molar-refractivity contribution < 1.29 is 4.74 Å². The molecule has 0 saturated carbocycles. The van der Waals surface area contributed by atoms with Gasteiger partial charge in [0, 0.05) is 31.1 Å². The van der Waals surface area contributed by atoms with Crippen LogP contribution >= 0.6 is 27.3 Å². The smallest absolute Gasteiger partial charge is 0.0826 e. The first kappa shape index (κ1) is 13.5. The van der Waals surface area contributed by atoms with Gasteiger partial charge in [-0.05, 0) is 41.5 Å². The Labute approximate surface area is 115 Å². The van der Waals surface area contributed by atoms with Crippen LogP contribution in [-0.4, -0.2) is 50.8 Å². The van der Waals surface area contributed by atoms with Crippen LogP contribution in [0, 0.1) is 0 Å². The summed E-state index contributed by atoms with van der Waals surface area (Å²) < 4.78 is 6.91. The van der Waals surface area contributed by atoms with Crippen LogP contribution in [0.5, 0.6) is 0 Å². The predicted molar refractivity (Wildman–Crippen MR) is 75.8 cm³/mol. The van der Waals surface area contributed by atoms with E-state index in [4.69, 9.17) is 4.74 Å². The average molecular weight is 319 g/mol. The quantitative estimate of drug-likeness (QED) is 0.898. The molecule has 2 heterocycles. The average Bonchev–Trinajstić information content (AvgIpc) is 2.74. The Morgan fingerprint density at radius 1 is 1.59 bits per heavy atom. The van der Waals surface area contributed by atoms with Crippen LogP contribution < -0.4 is 5.32 Å². The molecule has 1 aromatic heterocycles. The Morgan fingerprint density at radius 2 is 2.47 bits per heavy atom. The van der Waals surface area contributed by atoms with Crippen molar-refractivity contribution in [3.8, 4) is 0 Å². The van der Waals surface area contributed by atoms with Gasteiger partial charge in [-0.2, -0.15) is 0 Å². The highest BCUT2D eigenvalue weighted by atomic mass is 79.9. The second-order valence-corrected chi connectivity index (χ2v) is 6.96. The summed E-state index contributed by atoms with van der Waals surface area (Å²) in [5.74, 6) is 0. The molecule has 1 aliphatic rings. The number of ether oxygens (including phenoxy) is 1. The Kier molecular flexibility index (Phi) is 5.44. The Bertz CT molecular complexity index is 339. The van der Waals surface area contributed by atoms with E-state index in [2.05, 4.69) is 45.3 Å². The highest BCUT2D eigenvalue weighted by molar-refractivity contribution is 9.11. The van der Waals surface area contributed by atoms with Crippen LogP contribution in [-0.2, 0) is 11.2 Å². The molecule has 1 N–H and O–H groups in total. The number of nitrogens with one attached hydrogen (secondary N) is 1. The second-order valence-electron chi connectivity index (χ2n) is 4.41. The van der Waals surface area contributed by atoms with Crippen LogP contribution in [0.4, 0.5) is 0 Å². The number of morpholine rings is 1. The number of rotatable bonds is 5. The van der Waals surface area contributed by atoms with Gasteiger partial charge in [0.05, 0.1) is 16.5 Å². The molecule has 1 unspecified atom stereocenters. The van der Waals surface area contributed by atoms with E-state index in [1.165, 1.54) is 8.66 Å². The summed E-state index contributed by atoms with van der Waals surface area (Å²) in [6.45, 7) is 4.92. The normalized spacial score (nSPS) is 21.0. The standard InChI is InChI=1S/C12H19BrN2OS/c1-15(9-10-8-14-5-7-16-10)6-4-11-2-3-12(13)17-11/h2-3,10,14H,4-9H2,1H3. The molecule has 1 fully saturated rings. The van der Waals surface area contributed by atoms with Gasteiger partial charge in [0.25, 0.3) is 0 Å². The van der Waals surface area contributed by atoms with E-state index in [-0.39, 0.29) is 0 Å². The third kappa shape index (κ3) is 4.67. The summed E-state index contributed by atoms with van der Waals surface area (Å²) in [6.07, 6.45) is 1.47. The van der Waals surface area contributed by atoms with Crippen LogP contribution in [0.15, 0.2) is 15.9 Å². The third-order valence-corrected chi connectivity index (χ3v) is 4.57. The number of halogens is 1. The Hall–Kier alpha value is 0.0600. The number of thiophene rings is 1. The molecule has 3 nitrogen and oxygen atoms in total. The maximum atomic E-state index is 5.70. The van der Waals surface area contributed by atoms with Crippen molar-refractivity contribution >= 4 is 27.3 Å². The fraction of sp³-hybridized carbons (Fsp3) is 0.667. The van der Waals surface area contributed by atoms with Gasteiger partial charge in [0.2, 0.25) is 0 Å². The van der Waals surface area contributed by atoms with Crippen LogP contribution in [0.25, 0.3) is 0 Å². The van der Waals surface area contributed by atoms with Crippen molar-refractivity contribution in [2.45, 2.75) is 12.5 Å². The molecule has 5 heteroatoms. The predicted octanol–water partition coefficient (Wildman–Crippen LogP) is 1.97. The van der Waals surface area contributed by atoms with Crippen molar-refractivity contribution in [3.63, 3.8) is 0 Å². The molecule has 0 amide bonds. The van der Waals surface area contributed by atoms with Gasteiger partial charge >= 0.3 is 0 Å². The topological polar surface area (TPSA) is 24.5 Å². The van der Waals surface area contributed by atoms with Gasteiger partial charge in [-0.3, -0.25) is 0 Å². The second kappa shape index (κ2) is 6.85. The van der Waals surface area contributed by atoms with Crippen molar-refractivity contribution in [3.05, 3.63) is 20.8 Å². The van der Waals surface area contributed by atoms with Gasteiger partial charge < -0.3 is 15.0 Å². The van der Waals surface area contributed by atoms with Gasteiger partial charge in [-0.15, -0.1) is 11.3 Å². The molecular formula is C12H19BrN2OS. The number of hydrogen-bond donors (Lipinski definition) is 1. The number of likely N-dealkylation sites (N-methyl/N-ethyl adjacent to an activating group) is 1. The van der Waals surface area contributed by atoms with E-state index in [0.717, 1.165) is 39.2 Å². The summed E-state index contributed by atoms with van der Waals surface area (Å²) >= 11 is 5.32. The van der Waals surface area contributed by atoms with Gasteiger partial charge in [0.1, 0.15) is 0 Å².